The first-order valence-electron chi connectivity index (χ1n) is 7.75. The van der Waals surface area contributed by atoms with Crippen molar-refractivity contribution in [2.75, 3.05) is 6.61 Å². The highest BCUT2D eigenvalue weighted by molar-refractivity contribution is 7.08. The number of carbonyl (C=O) groups is 1. The zero-order valence-electron chi connectivity index (χ0n) is 13.4. The standard InChI is InChI=1S/C19H18N2O2S/c1-2-23-18-6-4-3-5-16(18)19(22)21-12-14-7-9-20-17(11-14)15-8-10-24-13-15/h3-11,13H,2,12H2,1H3,(H,21,22). The molecule has 3 rings (SSSR count). The molecule has 0 fully saturated rings. The Hall–Kier alpha value is -2.66. The average molecular weight is 338 g/mol. The first-order chi connectivity index (χ1) is 11.8. The molecule has 0 aliphatic heterocycles. The van der Waals surface area contributed by atoms with Gasteiger partial charge in [-0.2, -0.15) is 11.3 Å². The van der Waals surface area contributed by atoms with Crippen LogP contribution in [-0.2, 0) is 6.54 Å². The summed E-state index contributed by atoms with van der Waals surface area (Å²) < 4.78 is 5.51. The van der Waals surface area contributed by atoms with Gasteiger partial charge in [0.15, 0.2) is 0 Å². The van der Waals surface area contributed by atoms with Gasteiger partial charge >= 0.3 is 0 Å². The average Bonchev–Trinajstić information content (AvgIpc) is 3.15. The van der Waals surface area contributed by atoms with Crippen LogP contribution in [0.3, 0.4) is 0 Å². The largest absolute Gasteiger partial charge is 0.493 e. The quantitative estimate of drug-likeness (QED) is 0.735. The van der Waals surface area contributed by atoms with Crippen molar-refractivity contribution in [2.24, 2.45) is 0 Å². The number of nitrogens with one attached hydrogen (secondary N) is 1. The van der Waals surface area contributed by atoms with Crippen LogP contribution in [-0.4, -0.2) is 17.5 Å². The van der Waals surface area contributed by atoms with Crippen molar-refractivity contribution in [1.29, 1.82) is 0 Å². The van der Waals surface area contributed by atoms with Crippen LogP contribution in [0.5, 0.6) is 5.75 Å². The second-order valence-corrected chi connectivity index (χ2v) is 5.95. The number of carbonyl (C=O) groups excluding carboxylic acids is 1. The van der Waals surface area contributed by atoms with Crippen LogP contribution in [0.15, 0.2) is 59.4 Å². The van der Waals surface area contributed by atoms with Crippen molar-refractivity contribution in [3.8, 4) is 17.0 Å². The van der Waals surface area contributed by atoms with Gasteiger partial charge in [-0.15, -0.1) is 0 Å². The fourth-order valence-electron chi connectivity index (χ4n) is 2.37. The molecule has 0 aliphatic carbocycles. The highest BCUT2D eigenvalue weighted by Gasteiger charge is 2.11. The van der Waals surface area contributed by atoms with Gasteiger partial charge in [0.05, 0.1) is 17.9 Å². The molecule has 2 aromatic heterocycles. The molecule has 0 aliphatic rings. The number of pyridine rings is 1. The van der Waals surface area contributed by atoms with Crippen LogP contribution in [0.25, 0.3) is 11.3 Å². The Morgan fingerprint density at radius 2 is 2.12 bits per heavy atom. The summed E-state index contributed by atoms with van der Waals surface area (Å²) in [7, 11) is 0. The first-order valence-corrected chi connectivity index (χ1v) is 8.69. The van der Waals surface area contributed by atoms with Crippen molar-refractivity contribution in [2.45, 2.75) is 13.5 Å². The number of hydrogen-bond donors (Lipinski definition) is 1. The van der Waals surface area contributed by atoms with Gasteiger partial charge in [0.2, 0.25) is 0 Å². The Morgan fingerprint density at radius 1 is 1.25 bits per heavy atom. The Balaban J connectivity index is 1.70. The van der Waals surface area contributed by atoms with Gasteiger partial charge in [-0.1, -0.05) is 12.1 Å². The van der Waals surface area contributed by atoms with Gasteiger partial charge in [0.1, 0.15) is 5.75 Å². The van der Waals surface area contributed by atoms with E-state index in [1.165, 1.54) is 0 Å². The van der Waals surface area contributed by atoms with Crippen LogP contribution < -0.4 is 10.1 Å². The van der Waals surface area contributed by atoms with Crippen LogP contribution in [0.2, 0.25) is 0 Å². The summed E-state index contributed by atoms with van der Waals surface area (Å²) >= 11 is 1.64. The van der Waals surface area contributed by atoms with Crippen LogP contribution in [0.4, 0.5) is 0 Å². The smallest absolute Gasteiger partial charge is 0.255 e. The van der Waals surface area contributed by atoms with E-state index in [0.717, 1.165) is 16.8 Å². The van der Waals surface area contributed by atoms with Crippen LogP contribution in [0, 0.1) is 0 Å². The van der Waals surface area contributed by atoms with Gasteiger partial charge in [-0.3, -0.25) is 9.78 Å². The van der Waals surface area contributed by atoms with Crippen molar-refractivity contribution in [3.63, 3.8) is 0 Å². The molecule has 122 valence electrons. The molecule has 0 saturated carbocycles. The highest BCUT2D eigenvalue weighted by Crippen LogP contribution is 2.21. The van der Waals surface area contributed by atoms with E-state index in [1.54, 1.807) is 29.7 Å². The van der Waals surface area contributed by atoms with Crippen molar-refractivity contribution < 1.29 is 9.53 Å². The van der Waals surface area contributed by atoms with E-state index in [-0.39, 0.29) is 5.91 Å². The summed E-state index contributed by atoms with van der Waals surface area (Å²) in [6, 6.07) is 13.2. The minimum atomic E-state index is -0.145. The summed E-state index contributed by atoms with van der Waals surface area (Å²) in [4.78, 5) is 16.8. The minimum absolute atomic E-state index is 0.145. The summed E-state index contributed by atoms with van der Waals surface area (Å²) in [6.45, 7) is 2.87. The molecule has 1 aromatic carbocycles. The first kappa shape index (κ1) is 16.2. The van der Waals surface area contributed by atoms with E-state index in [2.05, 4.69) is 15.7 Å². The summed E-state index contributed by atoms with van der Waals surface area (Å²) in [5.74, 6) is 0.458. The lowest BCUT2D eigenvalue weighted by molar-refractivity contribution is 0.0947. The number of benzene rings is 1. The van der Waals surface area contributed by atoms with Gasteiger partial charge < -0.3 is 10.1 Å². The van der Waals surface area contributed by atoms with E-state index in [1.807, 2.05) is 42.6 Å². The molecule has 0 atom stereocenters. The molecule has 1 N–H and O–H groups in total. The van der Waals surface area contributed by atoms with Gasteiger partial charge in [0.25, 0.3) is 5.91 Å². The lowest BCUT2D eigenvalue weighted by Crippen LogP contribution is -2.23. The van der Waals surface area contributed by atoms with Crippen molar-refractivity contribution in [1.82, 2.24) is 10.3 Å². The third kappa shape index (κ3) is 3.81. The molecule has 1 amide bonds. The van der Waals surface area contributed by atoms with Crippen LogP contribution >= 0.6 is 11.3 Å². The third-order valence-corrected chi connectivity index (χ3v) is 4.21. The summed E-state index contributed by atoms with van der Waals surface area (Å²) in [6.07, 6.45) is 1.77. The topological polar surface area (TPSA) is 51.2 Å². The molecule has 0 radical (unpaired) electrons. The summed E-state index contributed by atoms with van der Waals surface area (Å²) in [5, 5.41) is 7.02. The SMILES string of the molecule is CCOc1ccccc1C(=O)NCc1ccnc(-c2ccsc2)c1. The Bertz CT molecular complexity index is 816. The van der Waals surface area contributed by atoms with Crippen molar-refractivity contribution in [3.05, 3.63) is 70.5 Å². The monoisotopic (exact) mass is 338 g/mol. The second-order valence-electron chi connectivity index (χ2n) is 5.17. The van der Waals surface area contributed by atoms with E-state index in [4.69, 9.17) is 4.74 Å². The Morgan fingerprint density at radius 3 is 2.92 bits per heavy atom. The number of ether oxygens (including phenoxy) is 1. The summed E-state index contributed by atoms with van der Waals surface area (Å²) in [5.41, 5.74) is 3.56. The third-order valence-electron chi connectivity index (χ3n) is 3.53. The minimum Gasteiger partial charge on any atom is -0.493 e. The molecule has 5 heteroatoms. The molecule has 0 unspecified atom stereocenters. The number of para-hydroxylation sites is 1. The Kier molecular flexibility index (Phi) is 5.23. The van der Waals surface area contributed by atoms with Gasteiger partial charge in [-0.05, 0) is 48.2 Å². The number of aromatic nitrogens is 1. The number of rotatable bonds is 6. The zero-order chi connectivity index (χ0) is 16.8. The van der Waals surface area contributed by atoms with E-state index in [0.29, 0.717) is 24.5 Å². The lowest BCUT2D eigenvalue weighted by atomic mass is 10.1. The fraction of sp³-hybridized carbons (Fsp3) is 0.158. The van der Waals surface area contributed by atoms with E-state index < -0.39 is 0 Å². The van der Waals surface area contributed by atoms with Gasteiger partial charge in [-0.25, -0.2) is 0 Å². The zero-order valence-corrected chi connectivity index (χ0v) is 14.2. The highest BCUT2D eigenvalue weighted by atomic mass is 32.1. The molecule has 4 nitrogen and oxygen atoms in total. The molecule has 3 aromatic rings. The molecule has 0 spiro atoms. The number of hydrogen-bond acceptors (Lipinski definition) is 4. The molecule has 24 heavy (non-hydrogen) atoms. The van der Waals surface area contributed by atoms with Crippen molar-refractivity contribution >= 4 is 17.2 Å². The maximum atomic E-state index is 12.4. The molecule has 2 heterocycles. The molecule has 0 bridgehead atoms. The second kappa shape index (κ2) is 7.75. The Labute approximate surface area is 145 Å². The number of nitrogens with zero attached hydrogens (tertiary/aromatic N) is 1. The molecular weight excluding hydrogens is 320 g/mol. The molecular formula is C19H18N2O2S. The predicted molar refractivity (Wildman–Crippen MR) is 96.3 cm³/mol. The number of amides is 1. The fourth-order valence-corrected chi connectivity index (χ4v) is 3.02. The maximum absolute atomic E-state index is 12.4. The maximum Gasteiger partial charge on any atom is 0.255 e. The van der Waals surface area contributed by atoms with E-state index in [9.17, 15) is 4.79 Å². The number of thiophene rings is 1. The van der Waals surface area contributed by atoms with Gasteiger partial charge in [0, 0.05) is 23.7 Å². The van der Waals surface area contributed by atoms with E-state index >= 15 is 0 Å². The van der Waals surface area contributed by atoms with Crippen LogP contribution in [0.1, 0.15) is 22.8 Å². The molecule has 0 saturated heterocycles. The lowest BCUT2D eigenvalue weighted by Gasteiger charge is -2.10. The predicted octanol–water partition coefficient (Wildman–Crippen LogP) is 4.14. The normalized spacial score (nSPS) is 10.4.